The van der Waals surface area contributed by atoms with E-state index < -0.39 is 0 Å². The van der Waals surface area contributed by atoms with Gasteiger partial charge in [-0.1, -0.05) is 0 Å². The molecule has 0 spiro atoms. The van der Waals surface area contributed by atoms with Crippen molar-refractivity contribution in [1.29, 1.82) is 5.26 Å². The Morgan fingerprint density at radius 3 is 2.93 bits per heavy atom. The van der Waals surface area contributed by atoms with Gasteiger partial charge in [-0.3, -0.25) is 0 Å². The van der Waals surface area contributed by atoms with E-state index in [1.165, 1.54) is 0 Å². The van der Waals surface area contributed by atoms with Crippen molar-refractivity contribution < 1.29 is 9.47 Å². The average molecular weight is 268 g/mol. The topological polar surface area (TPSA) is 42.2 Å². The first-order valence-corrected chi connectivity index (χ1v) is 5.48. The number of nitrogens with zero attached hydrogens (tertiary/aromatic N) is 1. The van der Waals surface area contributed by atoms with Crippen molar-refractivity contribution in [2.45, 2.75) is 13.3 Å². The second-order valence-corrected chi connectivity index (χ2v) is 4.13. The van der Waals surface area contributed by atoms with Gasteiger partial charge in [-0.15, -0.1) is 0 Å². The quantitative estimate of drug-likeness (QED) is 0.786. The number of fused-ring (bicyclic) bond motifs is 1. The Kier molecular flexibility index (Phi) is 2.83. The molecule has 15 heavy (non-hydrogen) atoms. The van der Waals surface area contributed by atoms with Crippen molar-refractivity contribution in [2.75, 3.05) is 13.2 Å². The minimum atomic E-state index is 0.390. The molecule has 0 fully saturated rings. The highest BCUT2D eigenvalue weighted by Crippen LogP contribution is 2.41. The van der Waals surface area contributed by atoms with Crippen LogP contribution in [0.3, 0.4) is 0 Å². The highest BCUT2D eigenvalue weighted by atomic mass is 79.9. The summed E-state index contributed by atoms with van der Waals surface area (Å²) in [4.78, 5) is 0. The smallest absolute Gasteiger partial charge is 0.175 e. The van der Waals surface area contributed by atoms with Crippen molar-refractivity contribution in [3.8, 4) is 17.6 Å². The Hall–Kier alpha value is -1.21. The fourth-order valence-corrected chi connectivity index (χ4v) is 2.12. The molecule has 1 aromatic carbocycles. The van der Waals surface area contributed by atoms with E-state index in [-0.39, 0.29) is 0 Å². The van der Waals surface area contributed by atoms with Crippen molar-refractivity contribution >= 4 is 15.9 Å². The summed E-state index contributed by atoms with van der Waals surface area (Å²) in [6.45, 7) is 3.10. The average Bonchev–Trinajstić information content (AvgIpc) is 2.26. The van der Waals surface area contributed by atoms with Crippen LogP contribution in [0.15, 0.2) is 10.5 Å². The molecule has 1 aromatic rings. The SMILES string of the molecule is Cc1c(CC#N)cc2c(c1Br)OCCO2. The van der Waals surface area contributed by atoms with E-state index in [4.69, 9.17) is 14.7 Å². The van der Waals surface area contributed by atoms with E-state index in [0.29, 0.717) is 19.6 Å². The van der Waals surface area contributed by atoms with Crippen molar-refractivity contribution in [1.82, 2.24) is 0 Å². The Balaban J connectivity index is 2.53. The fraction of sp³-hybridized carbons (Fsp3) is 0.364. The van der Waals surface area contributed by atoms with Crippen LogP contribution in [0.25, 0.3) is 0 Å². The van der Waals surface area contributed by atoms with E-state index in [1.807, 2.05) is 13.0 Å². The second-order valence-electron chi connectivity index (χ2n) is 3.33. The zero-order valence-electron chi connectivity index (χ0n) is 8.34. The number of hydrogen-bond donors (Lipinski definition) is 0. The van der Waals surface area contributed by atoms with Gasteiger partial charge in [-0.05, 0) is 40.0 Å². The Bertz CT molecular complexity index is 437. The molecule has 0 bridgehead atoms. The van der Waals surface area contributed by atoms with Gasteiger partial charge in [0.15, 0.2) is 11.5 Å². The molecule has 0 saturated carbocycles. The summed E-state index contributed by atoms with van der Waals surface area (Å²) < 4.78 is 11.9. The first kappa shape index (κ1) is 10.3. The van der Waals surface area contributed by atoms with Gasteiger partial charge in [-0.2, -0.15) is 5.26 Å². The van der Waals surface area contributed by atoms with Gasteiger partial charge in [0, 0.05) is 0 Å². The summed E-state index contributed by atoms with van der Waals surface area (Å²) in [6, 6.07) is 4.03. The normalized spacial score (nSPS) is 13.4. The summed E-state index contributed by atoms with van der Waals surface area (Å²) in [6.07, 6.45) is 0.390. The third-order valence-electron chi connectivity index (χ3n) is 2.40. The third-order valence-corrected chi connectivity index (χ3v) is 3.35. The van der Waals surface area contributed by atoms with Gasteiger partial charge in [0.05, 0.1) is 17.0 Å². The molecule has 0 radical (unpaired) electrons. The number of rotatable bonds is 1. The monoisotopic (exact) mass is 267 g/mol. The number of halogens is 1. The zero-order valence-corrected chi connectivity index (χ0v) is 9.93. The summed E-state index contributed by atoms with van der Waals surface area (Å²) >= 11 is 3.47. The molecule has 0 atom stereocenters. The fourth-order valence-electron chi connectivity index (χ4n) is 1.56. The van der Waals surface area contributed by atoms with Crippen LogP contribution in [0.1, 0.15) is 11.1 Å². The molecule has 2 rings (SSSR count). The van der Waals surface area contributed by atoms with Crippen LogP contribution in [0.5, 0.6) is 11.5 Å². The molecule has 0 saturated heterocycles. The van der Waals surface area contributed by atoms with E-state index in [2.05, 4.69) is 22.0 Å². The minimum Gasteiger partial charge on any atom is -0.486 e. The van der Waals surface area contributed by atoms with Crippen molar-refractivity contribution in [3.05, 3.63) is 21.7 Å². The third kappa shape index (κ3) is 1.80. The predicted octanol–water partition coefficient (Wildman–Crippen LogP) is 2.59. The van der Waals surface area contributed by atoms with Crippen LogP contribution in [0.4, 0.5) is 0 Å². The zero-order chi connectivity index (χ0) is 10.8. The molecule has 0 aliphatic carbocycles. The predicted molar refractivity (Wildman–Crippen MR) is 59.2 cm³/mol. The highest BCUT2D eigenvalue weighted by Gasteiger charge is 2.19. The maximum atomic E-state index is 8.70. The lowest BCUT2D eigenvalue weighted by Crippen LogP contribution is -2.16. The van der Waals surface area contributed by atoms with E-state index in [0.717, 1.165) is 27.1 Å². The molecular weight excluding hydrogens is 258 g/mol. The van der Waals surface area contributed by atoms with Crippen molar-refractivity contribution in [3.63, 3.8) is 0 Å². The van der Waals surface area contributed by atoms with Gasteiger partial charge in [0.1, 0.15) is 13.2 Å². The molecule has 1 aliphatic rings. The second kappa shape index (κ2) is 4.11. The van der Waals surface area contributed by atoms with Gasteiger partial charge in [0.2, 0.25) is 0 Å². The lowest BCUT2D eigenvalue weighted by molar-refractivity contribution is 0.170. The van der Waals surface area contributed by atoms with Gasteiger partial charge in [-0.25, -0.2) is 0 Å². The summed E-state index contributed by atoms with van der Waals surface area (Å²) in [5.74, 6) is 1.48. The number of ether oxygens (including phenoxy) is 2. The standard InChI is InChI=1S/C11H10BrNO2/c1-7-8(2-3-13)6-9-11(10(7)12)15-5-4-14-9/h6H,2,4-5H2,1H3. The number of hydrogen-bond acceptors (Lipinski definition) is 3. The maximum absolute atomic E-state index is 8.70. The van der Waals surface area contributed by atoms with Gasteiger partial charge >= 0.3 is 0 Å². The Morgan fingerprint density at radius 1 is 1.47 bits per heavy atom. The summed E-state index contributed by atoms with van der Waals surface area (Å²) in [5.41, 5.74) is 2.02. The summed E-state index contributed by atoms with van der Waals surface area (Å²) in [5, 5.41) is 8.70. The van der Waals surface area contributed by atoms with E-state index in [9.17, 15) is 0 Å². The molecular formula is C11H10BrNO2. The molecule has 0 amide bonds. The summed E-state index contributed by atoms with van der Waals surface area (Å²) in [7, 11) is 0. The number of benzene rings is 1. The first-order chi connectivity index (χ1) is 7.24. The van der Waals surface area contributed by atoms with Crippen LogP contribution < -0.4 is 9.47 Å². The lowest BCUT2D eigenvalue weighted by atomic mass is 10.1. The molecule has 3 nitrogen and oxygen atoms in total. The number of nitriles is 1. The Labute approximate surface area is 96.7 Å². The van der Waals surface area contributed by atoms with E-state index >= 15 is 0 Å². The molecule has 4 heteroatoms. The Morgan fingerprint density at radius 2 is 2.20 bits per heavy atom. The van der Waals surface area contributed by atoms with Gasteiger partial charge in [0.25, 0.3) is 0 Å². The van der Waals surface area contributed by atoms with Crippen LogP contribution in [-0.2, 0) is 6.42 Å². The largest absolute Gasteiger partial charge is 0.486 e. The molecule has 0 unspecified atom stereocenters. The highest BCUT2D eigenvalue weighted by molar-refractivity contribution is 9.10. The molecule has 0 N–H and O–H groups in total. The van der Waals surface area contributed by atoms with Crippen LogP contribution in [-0.4, -0.2) is 13.2 Å². The van der Waals surface area contributed by atoms with Gasteiger partial charge < -0.3 is 9.47 Å². The molecule has 1 aliphatic heterocycles. The van der Waals surface area contributed by atoms with E-state index in [1.54, 1.807) is 0 Å². The van der Waals surface area contributed by atoms with Crippen molar-refractivity contribution in [2.24, 2.45) is 0 Å². The van der Waals surface area contributed by atoms with Crippen LogP contribution >= 0.6 is 15.9 Å². The maximum Gasteiger partial charge on any atom is 0.175 e. The first-order valence-electron chi connectivity index (χ1n) is 4.68. The molecule has 78 valence electrons. The minimum absolute atomic E-state index is 0.390. The molecule has 0 aromatic heterocycles. The van der Waals surface area contributed by atoms with Crippen LogP contribution in [0, 0.1) is 18.3 Å². The lowest BCUT2D eigenvalue weighted by Gasteiger charge is -2.21. The molecule has 1 heterocycles. The van der Waals surface area contributed by atoms with Crippen LogP contribution in [0.2, 0.25) is 0 Å².